The number of aromatic nitrogens is 1. The van der Waals surface area contributed by atoms with Gasteiger partial charge in [0.1, 0.15) is 5.78 Å². The summed E-state index contributed by atoms with van der Waals surface area (Å²) in [5.41, 5.74) is 1.92. The Hall–Kier alpha value is -1.35. The lowest BCUT2D eigenvalue weighted by Crippen LogP contribution is -2.22. The molecule has 2 aromatic rings. The van der Waals surface area contributed by atoms with Gasteiger partial charge >= 0.3 is 0 Å². The summed E-state index contributed by atoms with van der Waals surface area (Å²) < 4.78 is 0. The van der Waals surface area contributed by atoms with E-state index in [0.717, 1.165) is 10.5 Å². The van der Waals surface area contributed by atoms with Crippen LogP contribution in [0.4, 0.5) is 0 Å². The Morgan fingerprint density at radius 3 is 2.63 bits per heavy atom. The van der Waals surface area contributed by atoms with Crippen molar-refractivity contribution in [3.05, 3.63) is 35.9 Å². The van der Waals surface area contributed by atoms with Gasteiger partial charge in [-0.05, 0) is 24.6 Å². The van der Waals surface area contributed by atoms with Gasteiger partial charge in [0, 0.05) is 10.8 Å². The predicted molar refractivity (Wildman–Crippen MR) is 81.7 cm³/mol. The molecular formula is C16H19NOS. The molecule has 1 heterocycles. The zero-order valence-corrected chi connectivity index (χ0v) is 12.7. The van der Waals surface area contributed by atoms with Gasteiger partial charge in [-0.15, -0.1) is 0 Å². The fourth-order valence-corrected chi connectivity index (χ4v) is 2.88. The summed E-state index contributed by atoms with van der Waals surface area (Å²) in [6.07, 6.45) is 0. The summed E-state index contributed by atoms with van der Waals surface area (Å²) in [6.45, 7) is 7.94. The zero-order valence-electron chi connectivity index (χ0n) is 11.9. The first-order valence-electron chi connectivity index (χ1n) is 6.40. The topological polar surface area (TPSA) is 30.0 Å². The molecule has 0 aliphatic rings. The number of rotatable bonds is 3. The Labute approximate surface area is 118 Å². The molecule has 0 radical (unpaired) electrons. The van der Waals surface area contributed by atoms with Crippen LogP contribution in [0.2, 0.25) is 0 Å². The number of carbonyl (C=O) groups is 1. The van der Waals surface area contributed by atoms with Gasteiger partial charge in [-0.3, -0.25) is 4.79 Å². The van der Waals surface area contributed by atoms with Gasteiger partial charge < -0.3 is 0 Å². The summed E-state index contributed by atoms with van der Waals surface area (Å²) in [7, 11) is 0. The fourth-order valence-electron chi connectivity index (χ4n) is 1.75. The zero-order chi connectivity index (χ0) is 14.0. The average Bonchev–Trinajstić information content (AvgIpc) is 2.35. The maximum absolute atomic E-state index is 11.9. The lowest BCUT2D eigenvalue weighted by atomic mass is 9.92. The van der Waals surface area contributed by atoms with Crippen LogP contribution in [0.5, 0.6) is 0 Å². The first-order valence-corrected chi connectivity index (χ1v) is 7.39. The number of pyridine rings is 1. The number of fused-ring (bicyclic) bond motifs is 1. The van der Waals surface area contributed by atoms with Crippen LogP contribution in [0.3, 0.4) is 0 Å². The second-order valence-electron chi connectivity index (χ2n) is 5.76. The van der Waals surface area contributed by atoms with E-state index in [0.29, 0.717) is 5.75 Å². The molecule has 0 spiro atoms. The molecule has 1 aromatic heterocycles. The van der Waals surface area contributed by atoms with Crippen molar-refractivity contribution >= 4 is 28.4 Å². The van der Waals surface area contributed by atoms with Crippen molar-refractivity contribution in [3.8, 4) is 0 Å². The second kappa shape index (κ2) is 5.33. The molecule has 1 aromatic carbocycles. The van der Waals surface area contributed by atoms with Crippen molar-refractivity contribution in [1.82, 2.24) is 4.98 Å². The number of carbonyl (C=O) groups excluding carboxylic acids is 1. The minimum Gasteiger partial charge on any atom is -0.298 e. The number of hydrogen-bond acceptors (Lipinski definition) is 3. The van der Waals surface area contributed by atoms with E-state index in [2.05, 4.69) is 24.0 Å². The van der Waals surface area contributed by atoms with E-state index in [-0.39, 0.29) is 11.2 Å². The van der Waals surface area contributed by atoms with Crippen LogP contribution < -0.4 is 0 Å². The van der Waals surface area contributed by atoms with Crippen LogP contribution in [0.25, 0.3) is 10.9 Å². The molecule has 0 bridgehead atoms. The fraction of sp³-hybridized carbons (Fsp3) is 0.375. The van der Waals surface area contributed by atoms with Crippen molar-refractivity contribution in [2.24, 2.45) is 5.41 Å². The quantitative estimate of drug-likeness (QED) is 0.783. The molecule has 2 nitrogen and oxygen atoms in total. The van der Waals surface area contributed by atoms with Gasteiger partial charge in [-0.1, -0.05) is 50.7 Å². The molecule has 0 amide bonds. The number of nitrogens with zero attached hydrogens (tertiary/aromatic N) is 1. The Balaban J connectivity index is 2.20. The molecule has 0 atom stereocenters. The van der Waals surface area contributed by atoms with E-state index >= 15 is 0 Å². The van der Waals surface area contributed by atoms with E-state index in [9.17, 15) is 4.79 Å². The molecule has 0 N–H and O–H groups in total. The van der Waals surface area contributed by atoms with Crippen LogP contribution in [-0.4, -0.2) is 16.5 Å². The SMILES string of the molecule is Cc1cc(SCC(=O)C(C)(C)C)nc2ccccc12. The summed E-state index contributed by atoms with van der Waals surface area (Å²) in [5.74, 6) is 0.735. The number of thioether (sulfide) groups is 1. The van der Waals surface area contributed by atoms with E-state index in [1.807, 2.05) is 39.0 Å². The first-order chi connectivity index (χ1) is 8.88. The first kappa shape index (κ1) is 14.1. The normalized spacial score (nSPS) is 11.8. The largest absolute Gasteiger partial charge is 0.298 e. The Morgan fingerprint density at radius 2 is 1.95 bits per heavy atom. The van der Waals surface area contributed by atoms with Gasteiger partial charge in [-0.25, -0.2) is 4.98 Å². The van der Waals surface area contributed by atoms with Gasteiger partial charge in [0.05, 0.1) is 16.3 Å². The summed E-state index contributed by atoms with van der Waals surface area (Å²) in [6, 6.07) is 10.2. The molecule has 0 saturated heterocycles. The summed E-state index contributed by atoms with van der Waals surface area (Å²) in [4.78, 5) is 16.5. The van der Waals surface area contributed by atoms with Crippen LogP contribution in [0.15, 0.2) is 35.4 Å². The van der Waals surface area contributed by atoms with Gasteiger partial charge in [-0.2, -0.15) is 0 Å². The average molecular weight is 273 g/mol. The molecule has 0 unspecified atom stereocenters. The molecule has 0 aliphatic heterocycles. The lowest BCUT2D eigenvalue weighted by molar-refractivity contribution is -0.123. The molecule has 19 heavy (non-hydrogen) atoms. The highest BCUT2D eigenvalue weighted by Crippen LogP contribution is 2.25. The Kier molecular flexibility index (Phi) is 3.95. The van der Waals surface area contributed by atoms with Crippen molar-refractivity contribution in [3.63, 3.8) is 0 Å². The highest BCUT2D eigenvalue weighted by Gasteiger charge is 2.21. The van der Waals surface area contributed by atoms with E-state index in [1.54, 1.807) is 0 Å². The van der Waals surface area contributed by atoms with Crippen LogP contribution >= 0.6 is 11.8 Å². The van der Waals surface area contributed by atoms with Gasteiger partial charge in [0.25, 0.3) is 0 Å². The Morgan fingerprint density at radius 1 is 1.26 bits per heavy atom. The molecule has 0 saturated carbocycles. The third-order valence-corrected chi connectivity index (χ3v) is 4.00. The number of ketones is 1. The minimum atomic E-state index is -0.279. The highest BCUT2D eigenvalue weighted by molar-refractivity contribution is 7.99. The van der Waals surface area contributed by atoms with Crippen LogP contribution in [0, 0.1) is 12.3 Å². The summed E-state index contributed by atoms with van der Waals surface area (Å²) >= 11 is 1.52. The smallest absolute Gasteiger partial charge is 0.148 e. The lowest BCUT2D eigenvalue weighted by Gasteiger charge is -2.16. The number of para-hydroxylation sites is 1. The van der Waals surface area contributed by atoms with Crippen LogP contribution in [-0.2, 0) is 4.79 Å². The number of hydrogen-bond donors (Lipinski definition) is 0. The van der Waals surface area contributed by atoms with Crippen molar-refractivity contribution in [2.45, 2.75) is 32.7 Å². The van der Waals surface area contributed by atoms with E-state index < -0.39 is 0 Å². The summed E-state index contributed by atoms with van der Waals surface area (Å²) in [5, 5.41) is 2.10. The molecule has 2 rings (SSSR count). The minimum absolute atomic E-state index is 0.255. The highest BCUT2D eigenvalue weighted by atomic mass is 32.2. The van der Waals surface area contributed by atoms with Gasteiger partial charge in [0.15, 0.2) is 0 Å². The third-order valence-electron chi connectivity index (χ3n) is 3.09. The van der Waals surface area contributed by atoms with Crippen molar-refractivity contribution in [1.29, 1.82) is 0 Å². The third kappa shape index (κ3) is 3.35. The molecule has 0 aliphatic carbocycles. The van der Waals surface area contributed by atoms with Crippen molar-refractivity contribution < 1.29 is 4.79 Å². The number of Topliss-reactive ketones (excluding diaryl/α,β-unsaturated/α-hetero) is 1. The van der Waals surface area contributed by atoms with E-state index in [4.69, 9.17) is 0 Å². The number of benzene rings is 1. The number of aryl methyl sites for hydroxylation is 1. The predicted octanol–water partition coefficient (Wildman–Crippen LogP) is 4.25. The molecule has 0 fully saturated rings. The van der Waals surface area contributed by atoms with Gasteiger partial charge in [0.2, 0.25) is 0 Å². The monoisotopic (exact) mass is 273 g/mol. The second-order valence-corrected chi connectivity index (χ2v) is 6.75. The standard InChI is InChI=1S/C16H19NOS/c1-11-9-15(19-10-14(18)16(2,3)4)17-13-8-6-5-7-12(11)13/h5-9H,10H2,1-4H3. The molecule has 3 heteroatoms. The molecular weight excluding hydrogens is 254 g/mol. The maximum Gasteiger partial charge on any atom is 0.148 e. The maximum atomic E-state index is 11.9. The van der Waals surface area contributed by atoms with E-state index in [1.165, 1.54) is 22.7 Å². The molecule has 100 valence electrons. The van der Waals surface area contributed by atoms with Crippen LogP contribution in [0.1, 0.15) is 26.3 Å². The Bertz CT molecular complexity index is 614. The van der Waals surface area contributed by atoms with Crippen molar-refractivity contribution in [2.75, 3.05) is 5.75 Å².